The quantitative estimate of drug-likeness (QED) is 0.811. The van der Waals surface area contributed by atoms with Gasteiger partial charge in [0.05, 0.1) is 19.1 Å². The molecule has 3 rings (SSSR count). The summed E-state index contributed by atoms with van der Waals surface area (Å²) >= 11 is 0. The van der Waals surface area contributed by atoms with Gasteiger partial charge in [0.15, 0.2) is 11.3 Å². The van der Waals surface area contributed by atoms with E-state index in [9.17, 15) is 18.0 Å². The van der Waals surface area contributed by atoms with Crippen LogP contribution in [0.15, 0.2) is 18.2 Å². The number of carbonyl (C=O) groups is 1. The Balaban J connectivity index is 1.85. The molecule has 1 aliphatic heterocycles. The molecule has 2 aromatic heterocycles. The smallest absolute Gasteiger partial charge is 0.433 e. The van der Waals surface area contributed by atoms with E-state index >= 15 is 0 Å². The number of aromatic nitrogens is 2. The Morgan fingerprint density at radius 3 is 2.48 bits per heavy atom. The minimum absolute atomic E-state index is 0.0352. The molecule has 0 spiro atoms. The van der Waals surface area contributed by atoms with Crippen LogP contribution in [0.1, 0.15) is 12.6 Å². The van der Waals surface area contributed by atoms with Gasteiger partial charge >= 0.3 is 12.3 Å². The Hall–Kier alpha value is -2.78. The van der Waals surface area contributed by atoms with Crippen molar-refractivity contribution in [2.24, 2.45) is 0 Å². The van der Waals surface area contributed by atoms with Crippen LogP contribution < -0.4 is 9.64 Å². The van der Waals surface area contributed by atoms with Crippen molar-refractivity contribution < 1.29 is 27.4 Å². The van der Waals surface area contributed by atoms with Crippen LogP contribution in [0.5, 0.6) is 5.75 Å². The molecule has 0 unspecified atom stereocenters. The second-order valence-corrected chi connectivity index (χ2v) is 5.92. The molecule has 7 nitrogen and oxygen atoms in total. The summed E-state index contributed by atoms with van der Waals surface area (Å²) in [6.07, 6.45) is -4.96. The third-order valence-corrected chi connectivity index (χ3v) is 4.26. The monoisotopic (exact) mass is 384 g/mol. The summed E-state index contributed by atoms with van der Waals surface area (Å²) < 4.78 is 49.2. The van der Waals surface area contributed by atoms with Crippen LogP contribution in [0.3, 0.4) is 0 Å². The van der Waals surface area contributed by atoms with Gasteiger partial charge in [0.1, 0.15) is 11.6 Å². The lowest BCUT2D eigenvalue weighted by atomic mass is 10.2. The SMILES string of the molecule is CCOC(=O)N1CCN(c2ccc3c(OC)cc(C(F)(F)F)nc3n2)CC1. The molecule has 146 valence electrons. The number of pyridine rings is 2. The highest BCUT2D eigenvalue weighted by molar-refractivity contribution is 5.83. The number of hydrogen-bond acceptors (Lipinski definition) is 6. The first-order valence-electron chi connectivity index (χ1n) is 8.43. The molecule has 0 saturated carbocycles. The van der Waals surface area contributed by atoms with Gasteiger partial charge in [0.25, 0.3) is 0 Å². The van der Waals surface area contributed by atoms with Gasteiger partial charge in [-0.2, -0.15) is 13.2 Å². The zero-order valence-electron chi connectivity index (χ0n) is 14.9. The number of anilines is 1. The molecule has 2 aromatic rings. The van der Waals surface area contributed by atoms with Gasteiger partial charge in [-0.25, -0.2) is 14.8 Å². The number of piperazine rings is 1. The first-order valence-corrected chi connectivity index (χ1v) is 8.43. The molecule has 1 fully saturated rings. The Bertz CT molecular complexity index is 836. The maximum absolute atomic E-state index is 13.1. The van der Waals surface area contributed by atoms with Crippen LogP contribution >= 0.6 is 0 Å². The number of halogens is 3. The van der Waals surface area contributed by atoms with Crippen molar-refractivity contribution in [3.63, 3.8) is 0 Å². The van der Waals surface area contributed by atoms with Gasteiger partial charge in [0.2, 0.25) is 0 Å². The largest absolute Gasteiger partial charge is 0.496 e. The molecule has 1 amide bonds. The molecule has 0 N–H and O–H groups in total. The van der Waals surface area contributed by atoms with Gasteiger partial charge in [-0.3, -0.25) is 0 Å². The fourth-order valence-corrected chi connectivity index (χ4v) is 2.89. The summed E-state index contributed by atoms with van der Waals surface area (Å²) in [7, 11) is 1.30. The van der Waals surface area contributed by atoms with E-state index in [-0.39, 0.29) is 17.5 Å². The standard InChI is InChI=1S/C17H19F3N4O3/c1-3-27-16(25)24-8-6-23(7-9-24)14-5-4-11-12(26-2)10-13(17(18,19)20)21-15(11)22-14/h4-5,10H,3,6-9H2,1-2H3. The summed E-state index contributed by atoms with van der Waals surface area (Å²) in [4.78, 5) is 23.2. The van der Waals surface area contributed by atoms with Crippen molar-refractivity contribution in [1.29, 1.82) is 0 Å². The second-order valence-electron chi connectivity index (χ2n) is 5.92. The molecule has 3 heterocycles. The van der Waals surface area contributed by atoms with Gasteiger partial charge in [-0.15, -0.1) is 0 Å². The first-order chi connectivity index (χ1) is 12.8. The Kier molecular flexibility index (Phi) is 5.24. The van der Waals surface area contributed by atoms with E-state index in [1.54, 1.807) is 24.0 Å². The average molecular weight is 384 g/mol. The topological polar surface area (TPSA) is 67.8 Å². The summed E-state index contributed by atoms with van der Waals surface area (Å²) in [5.74, 6) is 0.568. The summed E-state index contributed by atoms with van der Waals surface area (Å²) in [5, 5.41) is 0.402. The minimum Gasteiger partial charge on any atom is -0.496 e. The molecule has 1 aliphatic rings. The van der Waals surface area contributed by atoms with E-state index in [1.165, 1.54) is 7.11 Å². The number of carbonyl (C=O) groups excluding carboxylic acids is 1. The van der Waals surface area contributed by atoms with E-state index in [1.807, 2.05) is 4.90 Å². The Labute approximate surface area is 153 Å². The molecule has 0 bridgehead atoms. The maximum Gasteiger partial charge on any atom is 0.433 e. The second kappa shape index (κ2) is 7.45. The molecule has 0 aromatic carbocycles. The number of fused-ring (bicyclic) bond motifs is 1. The lowest BCUT2D eigenvalue weighted by Gasteiger charge is -2.34. The predicted octanol–water partition coefficient (Wildman–Crippen LogP) is 2.94. The highest BCUT2D eigenvalue weighted by atomic mass is 19.4. The molecule has 0 atom stereocenters. The number of ether oxygens (including phenoxy) is 2. The molecule has 10 heteroatoms. The van der Waals surface area contributed by atoms with Gasteiger partial charge in [0, 0.05) is 32.2 Å². The highest BCUT2D eigenvalue weighted by Gasteiger charge is 2.34. The number of rotatable bonds is 3. The number of nitrogens with zero attached hydrogens (tertiary/aromatic N) is 4. The van der Waals surface area contributed by atoms with Crippen LogP contribution in [0.4, 0.5) is 23.8 Å². The lowest BCUT2D eigenvalue weighted by Crippen LogP contribution is -2.49. The summed E-state index contributed by atoms with van der Waals surface area (Å²) in [6, 6.07) is 4.21. The Morgan fingerprint density at radius 2 is 1.89 bits per heavy atom. The van der Waals surface area contributed by atoms with Crippen LogP contribution in [0.2, 0.25) is 0 Å². The van der Waals surface area contributed by atoms with Crippen LogP contribution in [-0.2, 0) is 10.9 Å². The molecular weight excluding hydrogens is 365 g/mol. The highest BCUT2D eigenvalue weighted by Crippen LogP contribution is 2.34. The van der Waals surface area contributed by atoms with Crippen LogP contribution in [-0.4, -0.2) is 60.9 Å². The molecule has 0 aliphatic carbocycles. The van der Waals surface area contributed by atoms with E-state index in [0.717, 1.165) is 6.07 Å². The lowest BCUT2D eigenvalue weighted by molar-refractivity contribution is -0.141. The number of amides is 1. The normalized spacial score (nSPS) is 15.1. The third kappa shape index (κ3) is 3.99. The van der Waals surface area contributed by atoms with Gasteiger partial charge in [-0.05, 0) is 19.1 Å². The van der Waals surface area contributed by atoms with E-state index < -0.39 is 11.9 Å². The van der Waals surface area contributed by atoms with Crippen molar-refractivity contribution in [2.75, 3.05) is 44.8 Å². The third-order valence-electron chi connectivity index (χ3n) is 4.26. The first kappa shape index (κ1) is 19.0. The van der Waals surface area contributed by atoms with Crippen molar-refractivity contribution in [3.8, 4) is 5.75 Å². The molecule has 27 heavy (non-hydrogen) atoms. The van der Waals surface area contributed by atoms with Crippen LogP contribution in [0, 0.1) is 0 Å². The number of alkyl halides is 3. The zero-order chi connectivity index (χ0) is 19.6. The molecular formula is C17H19F3N4O3. The van der Waals surface area contributed by atoms with Gasteiger partial charge in [-0.1, -0.05) is 0 Å². The molecule has 1 saturated heterocycles. The average Bonchev–Trinajstić information content (AvgIpc) is 2.66. The predicted molar refractivity (Wildman–Crippen MR) is 91.9 cm³/mol. The van der Waals surface area contributed by atoms with Crippen molar-refractivity contribution in [1.82, 2.24) is 14.9 Å². The molecule has 0 radical (unpaired) electrons. The van der Waals surface area contributed by atoms with Crippen molar-refractivity contribution >= 4 is 22.9 Å². The number of methoxy groups -OCH3 is 1. The Morgan fingerprint density at radius 1 is 1.19 bits per heavy atom. The number of hydrogen-bond donors (Lipinski definition) is 0. The zero-order valence-corrected chi connectivity index (χ0v) is 14.9. The summed E-state index contributed by atoms with van der Waals surface area (Å²) in [6.45, 7) is 3.92. The minimum atomic E-state index is -4.59. The van der Waals surface area contributed by atoms with E-state index in [0.29, 0.717) is 44.0 Å². The van der Waals surface area contributed by atoms with E-state index in [4.69, 9.17) is 9.47 Å². The van der Waals surface area contributed by atoms with E-state index in [2.05, 4.69) is 9.97 Å². The summed E-state index contributed by atoms with van der Waals surface area (Å²) in [5.41, 5.74) is -1.09. The van der Waals surface area contributed by atoms with Crippen molar-refractivity contribution in [3.05, 3.63) is 23.9 Å². The van der Waals surface area contributed by atoms with Crippen molar-refractivity contribution in [2.45, 2.75) is 13.1 Å². The fraction of sp³-hybridized carbons (Fsp3) is 0.471. The van der Waals surface area contributed by atoms with Crippen LogP contribution in [0.25, 0.3) is 11.0 Å². The fourth-order valence-electron chi connectivity index (χ4n) is 2.89. The maximum atomic E-state index is 13.1. The van der Waals surface area contributed by atoms with Gasteiger partial charge < -0.3 is 19.3 Å².